The number of allylic oxidation sites excluding steroid dienone is 1. The van der Waals surface area contributed by atoms with Crippen LogP contribution in [0.4, 0.5) is 0 Å². The molecular formula is C31H44N4O7Si2. The van der Waals surface area contributed by atoms with Crippen molar-refractivity contribution in [2.45, 2.75) is 102 Å². The van der Waals surface area contributed by atoms with Gasteiger partial charge in [-0.3, -0.25) is 14.5 Å². The summed E-state index contributed by atoms with van der Waals surface area (Å²) < 4.78 is 25.4. The van der Waals surface area contributed by atoms with Crippen molar-refractivity contribution in [2.24, 2.45) is 11.8 Å². The molecule has 0 spiro atoms. The number of rotatable bonds is 5. The third kappa shape index (κ3) is 3.82. The van der Waals surface area contributed by atoms with Crippen LogP contribution < -0.4 is 11.4 Å². The number of amides is 2. The van der Waals surface area contributed by atoms with Gasteiger partial charge < -0.3 is 13.6 Å². The molecule has 2 amide bonds. The minimum absolute atomic E-state index is 0.0667. The summed E-state index contributed by atoms with van der Waals surface area (Å²) in [4.78, 5) is 57.6. The van der Waals surface area contributed by atoms with E-state index in [9.17, 15) is 19.2 Å². The molecule has 0 aliphatic carbocycles. The van der Waals surface area contributed by atoms with E-state index < -0.39 is 69.3 Å². The van der Waals surface area contributed by atoms with E-state index in [1.165, 1.54) is 16.4 Å². The number of imide groups is 1. The molecular weight excluding hydrogens is 597 g/mol. The molecule has 2 bridgehead atoms. The summed E-state index contributed by atoms with van der Waals surface area (Å²) in [7, 11) is -3.98. The Labute approximate surface area is 259 Å². The summed E-state index contributed by atoms with van der Waals surface area (Å²) in [5, 5.41) is -0.585. The highest BCUT2D eigenvalue weighted by molar-refractivity contribution is 6.74. The number of carbonyl (C=O) groups excluding carboxylic acids is 2. The standard InChI is InChI=1S/C31H44N4O7Si2/c1-28(2,3)43(8,9)41-30-20-17-18-33-26(38)34(19-15-13-12-14-16-19)27(39)35(33)23(20)31(40-30,42-44(10,11)29(4,5)6)22-21(30)24(36)32(7)25(22)37/h12-17,21-23H,18H2,1-11H3/t21?,22?,23-,30?,31?/m0/s1. The lowest BCUT2D eigenvalue weighted by atomic mass is 9.71. The van der Waals surface area contributed by atoms with E-state index in [4.69, 9.17) is 13.6 Å². The molecule has 238 valence electrons. The number of carbonyl (C=O) groups is 2. The van der Waals surface area contributed by atoms with Crippen molar-refractivity contribution >= 4 is 28.4 Å². The molecule has 5 heterocycles. The average molecular weight is 641 g/mol. The predicted octanol–water partition coefficient (Wildman–Crippen LogP) is 3.99. The van der Waals surface area contributed by atoms with Crippen LogP contribution in [0.1, 0.15) is 47.6 Å². The zero-order valence-electron chi connectivity index (χ0n) is 27.5. The Morgan fingerprint density at radius 3 is 1.93 bits per heavy atom. The van der Waals surface area contributed by atoms with Crippen LogP contribution in [0.2, 0.25) is 36.3 Å². The van der Waals surface area contributed by atoms with Gasteiger partial charge in [-0.1, -0.05) is 65.8 Å². The molecule has 5 atom stereocenters. The van der Waals surface area contributed by atoms with Crippen molar-refractivity contribution in [3.63, 3.8) is 0 Å². The molecule has 13 heteroatoms. The molecule has 4 unspecified atom stereocenters. The van der Waals surface area contributed by atoms with E-state index in [0.29, 0.717) is 11.3 Å². The van der Waals surface area contributed by atoms with Crippen LogP contribution in [0.25, 0.3) is 5.69 Å². The van der Waals surface area contributed by atoms with E-state index in [0.717, 1.165) is 9.47 Å². The number of hydrogen-bond donors (Lipinski definition) is 0. The molecule has 11 nitrogen and oxygen atoms in total. The van der Waals surface area contributed by atoms with Crippen LogP contribution in [-0.4, -0.2) is 65.9 Å². The van der Waals surface area contributed by atoms with E-state index in [1.807, 2.05) is 12.1 Å². The Kier molecular flexibility index (Phi) is 6.46. The molecule has 1 aromatic carbocycles. The molecule has 2 aromatic rings. The van der Waals surface area contributed by atoms with Gasteiger partial charge in [0.1, 0.15) is 17.9 Å². The second kappa shape index (κ2) is 9.12. The molecule has 3 saturated heterocycles. The third-order valence-corrected chi connectivity index (χ3v) is 19.9. The Balaban J connectivity index is 1.68. The smallest absolute Gasteiger partial charge is 0.352 e. The fourth-order valence-corrected chi connectivity index (χ4v) is 9.39. The van der Waals surface area contributed by atoms with Gasteiger partial charge in [0.25, 0.3) is 0 Å². The van der Waals surface area contributed by atoms with Crippen LogP contribution in [0.5, 0.6) is 0 Å². The summed E-state index contributed by atoms with van der Waals surface area (Å²) in [6, 6.07) is 7.74. The van der Waals surface area contributed by atoms with Crippen LogP contribution >= 0.6 is 0 Å². The third-order valence-electron chi connectivity index (χ3n) is 11.0. The van der Waals surface area contributed by atoms with E-state index in [-0.39, 0.29) is 16.6 Å². The van der Waals surface area contributed by atoms with Crippen LogP contribution in [0.15, 0.2) is 51.6 Å². The van der Waals surface area contributed by atoms with Crippen LogP contribution in [0, 0.1) is 11.8 Å². The van der Waals surface area contributed by atoms with Gasteiger partial charge in [0.15, 0.2) is 22.4 Å². The van der Waals surface area contributed by atoms with E-state index in [2.05, 4.69) is 67.7 Å². The van der Waals surface area contributed by atoms with Crippen LogP contribution in [-0.2, 0) is 29.7 Å². The highest BCUT2D eigenvalue weighted by Gasteiger charge is 2.85. The fourth-order valence-electron chi connectivity index (χ4n) is 6.65. The molecule has 3 fully saturated rings. The monoisotopic (exact) mass is 640 g/mol. The highest BCUT2D eigenvalue weighted by Crippen LogP contribution is 2.70. The van der Waals surface area contributed by atoms with Crippen molar-refractivity contribution < 1.29 is 23.2 Å². The predicted molar refractivity (Wildman–Crippen MR) is 169 cm³/mol. The van der Waals surface area contributed by atoms with Crippen molar-refractivity contribution in [1.82, 2.24) is 18.8 Å². The minimum Gasteiger partial charge on any atom is -0.387 e. The molecule has 1 aromatic heterocycles. The number of benzene rings is 1. The number of ether oxygens (including phenoxy) is 1. The normalized spacial score (nSPS) is 30.0. The molecule has 44 heavy (non-hydrogen) atoms. The quantitative estimate of drug-likeness (QED) is 0.276. The van der Waals surface area contributed by atoms with E-state index >= 15 is 0 Å². The Morgan fingerprint density at radius 2 is 1.36 bits per heavy atom. The molecule has 6 rings (SSSR count). The second-order valence-corrected chi connectivity index (χ2v) is 25.1. The first-order valence-corrected chi connectivity index (χ1v) is 21.1. The van der Waals surface area contributed by atoms with Crippen molar-refractivity contribution in [1.29, 1.82) is 0 Å². The number of likely N-dealkylation sites (tertiary alicyclic amines) is 1. The number of hydrogen-bond acceptors (Lipinski definition) is 7. The van der Waals surface area contributed by atoms with Gasteiger partial charge >= 0.3 is 11.4 Å². The minimum atomic E-state index is -2.77. The van der Waals surface area contributed by atoms with Crippen molar-refractivity contribution in [2.75, 3.05) is 7.05 Å². The van der Waals surface area contributed by atoms with E-state index in [1.54, 1.807) is 24.3 Å². The second-order valence-electron chi connectivity index (χ2n) is 15.6. The first-order chi connectivity index (χ1) is 20.1. The van der Waals surface area contributed by atoms with Gasteiger partial charge in [-0.25, -0.2) is 23.5 Å². The molecule has 0 N–H and O–H groups in total. The number of para-hydroxylation sites is 1. The maximum atomic E-state index is 14.4. The Hall–Kier alpha value is -2.85. The summed E-state index contributed by atoms with van der Waals surface area (Å²) in [6.07, 6.45) is 1.84. The maximum Gasteiger partial charge on any atom is 0.352 e. The molecule has 0 saturated carbocycles. The summed E-state index contributed by atoms with van der Waals surface area (Å²) in [6.45, 7) is 20.8. The lowest BCUT2D eigenvalue weighted by molar-refractivity contribution is -0.246. The lowest BCUT2D eigenvalue weighted by Gasteiger charge is -2.48. The van der Waals surface area contributed by atoms with Gasteiger partial charge in [-0.05, 0) is 48.4 Å². The molecule has 4 aliphatic rings. The van der Waals surface area contributed by atoms with Gasteiger partial charge in [-0.2, -0.15) is 0 Å². The number of aromatic nitrogens is 3. The van der Waals surface area contributed by atoms with Gasteiger partial charge in [0, 0.05) is 12.6 Å². The summed E-state index contributed by atoms with van der Waals surface area (Å²) in [5.41, 5.74) is -0.0937. The summed E-state index contributed by atoms with van der Waals surface area (Å²) >= 11 is 0. The van der Waals surface area contributed by atoms with Gasteiger partial charge in [-0.15, -0.1) is 0 Å². The van der Waals surface area contributed by atoms with Crippen molar-refractivity contribution in [3.8, 4) is 5.69 Å². The summed E-state index contributed by atoms with van der Waals surface area (Å²) in [5.74, 6) is -6.31. The largest absolute Gasteiger partial charge is 0.387 e. The van der Waals surface area contributed by atoms with Gasteiger partial charge in [0.2, 0.25) is 17.6 Å². The lowest BCUT2D eigenvalue weighted by Crippen LogP contribution is -2.61. The highest BCUT2D eigenvalue weighted by atomic mass is 28.4. The molecule has 4 aliphatic heterocycles. The number of nitrogens with zero attached hydrogens (tertiary/aromatic N) is 4. The van der Waals surface area contributed by atoms with Gasteiger partial charge in [0.05, 0.1) is 12.2 Å². The number of fused-ring (bicyclic) bond motifs is 10. The maximum absolute atomic E-state index is 14.4. The SMILES string of the molecule is CN1C(=O)C2C(C1=O)C1(O[Si](C)(C)C(C)(C)C)OC2(O[Si](C)(C)C(C)(C)C)C2=CCn3c(=O)n(-c4ccccc4)c(=O)n3[C@@H]21. The zero-order valence-corrected chi connectivity index (χ0v) is 29.5. The van der Waals surface area contributed by atoms with Crippen LogP contribution in [0.3, 0.4) is 0 Å². The Morgan fingerprint density at radius 1 is 0.818 bits per heavy atom. The first-order valence-electron chi connectivity index (χ1n) is 15.3. The Bertz CT molecular complexity index is 1730. The fraction of sp³-hybridized carbons (Fsp3) is 0.613. The topological polar surface area (TPSA) is 114 Å². The average Bonchev–Trinajstić information content (AvgIpc) is 3.52. The molecule has 0 radical (unpaired) electrons. The first kappa shape index (κ1) is 31.1. The zero-order chi connectivity index (χ0) is 32.6. The van der Waals surface area contributed by atoms with Crippen molar-refractivity contribution in [3.05, 3.63) is 62.9 Å².